The highest BCUT2D eigenvalue weighted by molar-refractivity contribution is 6.07. The van der Waals surface area contributed by atoms with E-state index in [9.17, 15) is 9.59 Å². The number of carbonyl (C=O) groups is 2. The number of aryl methyl sites for hydroxylation is 2. The maximum Gasteiger partial charge on any atom is 0.330 e. The van der Waals surface area contributed by atoms with Crippen molar-refractivity contribution in [1.29, 1.82) is 0 Å². The van der Waals surface area contributed by atoms with Crippen molar-refractivity contribution >= 4 is 11.8 Å². The van der Waals surface area contributed by atoms with Crippen molar-refractivity contribution in [3.63, 3.8) is 0 Å². The lowest BCUT2D eigenvalue weighted by Crippen LogP contribution is -2.03. The van der Waals surface area contributed by atoms with Crippen LogP contribution in [0.25, 0.3) is 0 Å². The summed E-state index contributed by atoms with van der Waals surface area (Å²) in [5.74, 6) is -0.193. The van der Waals surface area contributed by atoms with Gasteiger partial charge in [-0.2, -0.15) is 0 Å². The number of ether oxygens (including phenoxy) is 2. The summed E-state index contributed by atoms with van der Waals surface area (Å²) < 4.78 is 10.6. The van der Waals surface area contributed by atoms with Crippen LogP contribution in [-0.4, -0.2) is 18.4 Å². The predicted octanol–water partition coefficient (Wildman–Crippen LogP) is 4.18. The van der Waals surface area contributed by atoms with Gasteiger partial charge in [0.2, 0.25) is 0 Å². The number of ketones is 1. The molecule has 0 radical (unpaired) electrons. The highest BCUT2D eigenvalue weighted by atomic mass is 16.5. The maximum atomic E-state index is 12.1. The third-order valence-electron chi connectivity index (χ3n) is 3.80. The minimum atomic E-state index is -0.529. The summed E-state index contributed by atoms with van der Waals surface area (Å²) >= 11 is 0. The second-order valence-corrected chi connectivity index (χ2v) is 5.64. The summed E-state index contributed by atoms with van der Waals surface area (Å²) in [6, 6.07) is 13.0. The van der Waals surface area contributed by atoms with E-state index in [4.69, 9.17) is 9.47 Å². The fourth-order valence-electron chi connectivity index (χ4n) is 2.40. The number of carbonyl (C=O) groups excluding carboxylic acids is 2. The predicted molar refractivity (Wildman–Crippen MR) is 96.8 cm³/mol. The molecule has 0 bridgehead atoms. The standard InChI is InChI=1S/C21H22O4/c1-4-24-21(23)12-11-20(22)17-9-6-10-18(13-17)25-14-19-15(2)7-5-8-16(19)3/h5-13H,4,14H2,1-3H3/b12-11+. The average molecular weight is 338 g/mol. The van der Waals surface area contributed by atoms with E-state index in [1.54, 1.807) is 31.2 Å². The Morgan fingerprint density at radius 2 is 1.68 bits per heavy atom. The second-order valence-electron chi connectivity index (χ2n) is 5.64. The molecule has 0 aromatic heterocycles. The van der Waals surface area contributed by atoms with Crippen molar-refractivity contribution < 1.29 is 19.1 Å². The van der Waals surface area contributed by atoms with Crippen LogP contribution in [0, 0.1) is 13.8 Å². The Hall–Kier alpha value is -2.88. The molecule has 0 unspecified atom stereocenters. The van der Waals surface area contributed by atoms with Gasteiger partial charge in [-0.15, -0.1) is 0 Å². The molecule has 0 saturated heterocycles. The molecule has 0 atom stereocenters. The number of benzene rings is 2. The first kappa shape index (κ1) is 18.5. The minimum Gasteiger partial charge on any atom is -0.489 e. The normalized spacial score (nSPS) is 10.7. The van der Waals surface area contributed by atoms with Gasteiger partial charge in [-0.1, -0.05) is 30.3 Å². The molecule has 2 rings (SSSR count). The molecule has 2 aromatic rings. The lowest BCUT2D eigenvalue weighted by atomic mass is 10.0. The van der Waals surface area contributed by atoms with Crippen molar-refractivity contribution in [3.05, 3.63) is 76.9 Å². The first-order valence-electron chi connectivity index (χ1n) is 8.18. The van der Waals surface area contributed by atoms with E-state index in [0.29, 0.717) is 17.9 Å². The third-order valence-corrected chi connectivity index (χ3v) is 3.80. The molecule has 0 aliphatic carbocycles. The summed E-state index contributed by atoms with van der Waals surface area (Å²) in [5, 5.41) is 0. The lowest BCUT2D eigenvalue weighted by molar-refractivity contribution is -0.137. The second kappa shape index (κ2) is 8.83. The highest BCUT2D eigenvalue weighted by Gasteiger charge is 2.07. The summed E-state index contributed by atoms with van der Waals surface area (Å²) in [7, 11) is 0. The van der Waals surface area contributed by atoms with Crippen LogP contribution >= 0.6 is 0 Å². The largest absolute Gasteiger partial charge is 0.489 e. The molecule has 0 amide bonds. The van der Waals surface area contributed by atoms with Gasteiger partial charge in [-0.3, -0.25) is 4.79 Å². The van der Waals surface area contributed by atoms with Crippen molar-refractivity contribution in [2.45, 2.75) is 27.4 Å². The van der Waals surface area contributed by atoms with E-state index in [1.165, 1.54) is 17.2 Å². The fraction of sp³-hybridized carbons (Fsp3) is 0.238. The third kappa shape index (κ3) is 5.31. The minimum absolute atomic E-state index is 0.273. The van der Waals surface area contributed by atoms with E-state index in [1.807, 2.05) is 32.0 Å². The molecule has 0 saturated carbocycles. The Morgan fingerprint density at radius 3 is 2.36 bits per heavy atom. The van der Waals surface area contributed by atoms with Gasteiger partial charge in [0.15, 0.2) is 5.78 Å². The Kier molecular flexibility index (Phi) is 6.52. The fourth-order valence-corrected chi connectivity index (χ4v) is 2.40. The average Bonchev–Trinajstić information content (AvgIpc) is 2.60. The topological polar surface area (TPSA) is 52.6 Å². The highest BCUT2D eigenvalue weighted by Crippen LogP contribution is 2.19. The molecule has 2 aromatic carbocycles. The molecular weight excluding hydrogens is 316 g/mol. The van der Waals surface area contributed by atoms with E-state index in [-0.39, 0.29) is 12.4 Å². The summed E-state index contributed by atoms with van der Waals surface area (Å²) in [6.07, 6.45) is 2.35. The van der Waals surface area contributed by atoms with E-state index in [2.05, 4.69) is 0 Å². The van der Waals surface area contributed by atoms with E-state index < -0.39 is 5.97 Å². The first-order chi connectivity index (χ1) is 12.0. The van der Waals surface area contributed by atoms with Crippen molar-refractivity contribution in [3.8, 4) is 5.75 Å². The smallest absolute Gasteiger partial charge is 0.330 e. The van der Waals surface area contributed by atoms with Gasteiger partial charge in [0.05, 0.1) is 6.61 Å². The molecule has 0 aliphatic heterocycles. The molecule has 0 heterocycles. The number of hydrogen-bond donors (Lipinski definition) is 0. The Labute approximate surface area is 148 Å². The zero-order valence-corrected chi connectivity index (χ0v) is 14.7. The van der Waals surface area contributed by atoms with Crippen LogP contribution in [0.3, 0.4) is 0 Å². The van der Waals surface area contributed by atoms with Crippen LogP contribution < -0.4 is 4.74 Å². The Balaban J connectivity index is 2.06. The van der Waals surface area contributed by atoms with Gasteiger partial charge in [0.1, 0.15) is 12.4 Å². The van der Waals surface area contributed by atoms with Gasteiger partial charge in [0.25, 0.3) is 0 Å². The van der Waals surface area contributed by atoms with Crippen LogP contribution in [0.5, 0.6) is 5.75 Å². The zero-order chi connectivity index (χ0) is 18.2. The number of hydrogen-bond acceptors (Lipinski definition) is 4. The Bertz CT molecular complexity index is 770. The molecule has 130 valence electrons. The Morgan fingerprint density at radius 1 is 1.00 bits per heavy atom. The van der Waals surface area contributed by atoms with E-state index in [0.717, 1.165) is 11.6 Å². The molecule has 4 nitrogen and oxygen atoms in total. The zero-order valence-electron chi connectivity index (χ0n) is 14.7. The lowest BCUT2D eigenvalue weighted by Gasteiger charge is -2.12. The van der Waals surface area contributed by atoms with Gasteiger partial charge in [-0.05, 0) is 55.7 Å². The number of esters is 1. The van der Waals surface area contributed by atoms with Gasteiger partial charge in [0, 0.05) is 11.6 Å². The molecular formula is C21H22O4. The number of allylic oxidation sites excluding steroid dienone is 1. The van der Waals surface area contributed by atoms with Crippen LogP contribution in [-0.2, 0) is 16.1 Å². The van der Waals surface area contributed by atoms with Crippen molar-refractivity contribution in [2.24, 2.45) is 0 Å². The van der Waals surface area contributed by atoms with Gasteiger partial charge < -0.3 is 9.47 Å². The SMILES string of the molecule is CCOC(=O)/C=C/C(=O)c1cccc(OCc2c(C)cccc2C)c1. The molecule has 0 spiro atoms. The number of rotatable bonds is 7. The quantitative estimate of drug-likeness (QED) is 0.432. The summed E-state index contributed by atoms with van der Waals surface area (Å²) in [4.78, 5) is 23.4. The summed E-state index contributed by atoms with van der Waals surface area (Å²) in [6.45, 7) is 6.52. The van der Waals surface area contributed by atoms with Gasteiger partial charge >= 0.3 is 5.97 Å². The van der Waals surface area contributed by atoms with E-state index >= 15 is 0 Å². The molecule has 25 heavy (non-hydrogen) atoms. The van der Waals surface area contributed by atoms with Crippen LogP contribution in [0.15, 0.2) is 54.6 Å². The first-order valence-corrected chi connectivity index (χ1v) is 8.18. The monoisotopic (exact) mass is 338 g/mol. The van der Waals surface area contributed by atoms with Crippen molar-refractivity contribution in [1.82, 2.24) is 0 Å². The maximum absolute atomic E-state index is 12.1. The van der Waals surface area contributed by atoms with Crippen LogP contribution in [0.4, 0.5) is 0 Å². The molecule has 0 aliphatic rings. The van der Waals surface area contributed by atoms with Gasteiger partial charge in [-0.25, -0.2) is 4.79 Å². The van der Waals surface area contributed by atoms with Crippen LogP contribution in [0.1, 0.15) is 34.0 Å². The molecule has 0 N–H and O–H groups in total. The molecule has 4 heteroatoms. The van der Waals surface area contributed by atoms with Crippen LogP contribution in [0.2, 0.25) is 0 Å². The summed E-state index contributed by atoms with van der Waals surface area (Å²) in [5.41, 5.74) is 3.94. The molecule has 0 fully saturated rings. The van der Waals surface area contributed by atoms with Crippen molar-refractivity contribution in [2.75, 3.05) is 6.61 Å².